The van der Waals surface area contributed by atoms with E-state index in [0.717, 1.165) is 12.3 Å². The average Bonchev–Trinajstić information content (AvgIpc) is 2.16. The molecule has 0 aliphatic heterocycles. The SMILES string of the molecule is O=C([O-])CN=Cc1ccccc1C(F)(F)F. The molecule has 0 saturated carbocycles. The Morgan fingerprint density at radius 3 is 2.56 bits per heavy atom. The summed E-state index contributed by atoms with van der Waals surface area (Å²) in [5, 5.41) is 10.0. The molecule has 0 radical (unpaired) electrons. The summed E-state index contributed by atoms with van der Waals surface area (Å²) in [4.78, 5) is 13.4. The van der Waals surface area contributed by atoms with Gasteiger partial charge in [-0.05, 0) is 6.07 Å². The molecular formula is C10H7F3NO2-. The van der Waals surface area contributed by atoms with E-state index in [1.165, 1.54) is 18.2 Å². The van der Waals surface area contributed by atoms with Gasteiger partial charge in [0, 0.05) is 11.8 Å². The van der Waals surface area contributed by atoms with Crippen LogP contribution in [0.4, 0.5) is 13.2 Å². The quantitative estimate of drug-likeness (QED) is 0.723. The first kappa shape index (κ1) is 12.2. The molecule has 1 aromatic rings. The zero-order valence-electron chi connectivity index (χ0n) is 7.99. The summed E-state index contributed by atoms with van der Waals surface area (Å²) in [5.41, 5.74) is -1.02. The van der Waals surface area contributed by atoms with Crippen LogP contribution in [0.3, 0.4) is 0 Å². The van der Waals surface area contributed by atoms with Crippen molar-refractivity contribution in [3.63, 3.8) is 0 Å². The van der Waals surface area contributed by atoms with Crippen LogP contribution in [0.25, 0.3) is 0 Å². The maximum Gasteiger partial charge on any atom is 0.417 e. The Hall–Kier alpha value is -1.85. The van der Waals surface area contributed by atoms with Crippen molar-refractivity contribution in [2.45, 2.75) is 6.18 Å². The second-order valence-electron chi connectivity index (χ2n) is 2.93. The summed E-state index contributed by atoms with van der Waals surface area (Å²) < 4.78 is 37.3. The van der Waals surface area contributed by atoms with E-state index in [1.807, 2.05) is 0 Å². The second kappa shape index (κ2) is 4.78. The maximum absolute atomic E-state index is 12.4. The van der Waals surface area contributed by atoms with Gasteiger partial charge in [0.2, 0.25) is 0 Å². The van der Waals surface area contributed by atoms with Crippen molar-refractivity contribution in [2.75, 3.05) is 6.54 Å². The summed E-state index contributed by atoms with van der Waals surface area (Å²) in [5.74, 6) is -1.44. The lowest BCUT2D eigenvalue weighted by Crippen LogP contribution is -2.25. The van der Waals surface area contributed by atoms with Gasteiger partial charge >= 0.3 is 6.18 Å². The zero-order chi connectivity index (χ0) is 12.2. The molecule has 0 heterocycles. The highest BCUT2D eigenvalue weighted by molar-refractivity contribution is 5.83. The lowest BCUT2D eigenvalue weighted by Gasteiger charge is -2.09. The number of hydrogen-bond donors (Lipinski definition) is 0. The van der Waals surface area contributed by atoms with Gasteiger partial charge in [-0.25, -0.2) is 0 Å². The Morgan fingerprint density at radius 2 is 2.00 bits per heavy atom. The molecule has 0 N–H and O–H groups in total. The Kier molecular flexibility index (Phi) is 3.65. The largest absolute Gasteiger partial charge is 0.548 e. The molecule has 0 aliphatic rings. The smallest absolute Gasteiger partial charge is 0.417 e. The monoisotopic (exact) mass is 230 g/mol. The predicted molar refractivity (Wildman–Crippen MR) is 48.9 cm³/mol. The molecule has 0 saturated heterocycles. The van der Waals surface area contributed by atoms with Crippen molar-refractivity contribution in [3.05, 3.63) is 35.4 Å². The van der Waals surface area contributed by atoms with Crippen molar-refractivity contribution in [1.29, 1.82) is 0 Å². The van der Waals surface area contributed by atoms with Crippen LogP contribution in [-0.2, 0) is 11.0 Å². The number of aliphatic imine (C=N–C) groups is 1. The molecule has 3 nitrogen and oxygen atoms in total. The molecule has 0 aromatic heterocycles. The van der Waals surface area contributed by atoms with E-state index in [-0.39, 0.29) is 5.56 Å². The van der Waals surface area contributed by atoms with Crippen LogP contribution >= 0.6 is 0 Å². The number of aliphatic carboxylic acids is 1. The van der Waals surface area contributed by atoms with E-state index in [1.54, 1.807) is 0 Å². The second-order valence-corrected chi connectivity index (χ2v) is 2.93. The van der Waals surface area contributed by atoms with Crippen LogP contribution in [0.2, 0.25) is 0 Å². The van der Waals surface area contributed by atoms with Gasteiger partial charge in [0.1, 0.15) is 0 Å². The first-order valence-electron chi connectivity index (χ1n) is 4.27. The molecule has 0 aliphatic carbocycles. The van der Waals surface area contributed by atoms with Crippen LogP contribution in [0.15, 0.2) is 29.3 Å². The third-order valence-electron chi connectivity index (χ3n) is 1.72. The maximum atomic E-state index is 12.4. The van der Waals surface area contributed by atoms with Crippen molar-refractivity contribution >= 4 is 12.2 Å². The molecule has 6 heteroatoms. The normalized spacial score (nSPS) is 11.9. The lowest BCUT2D eigenvalue weighted by atomic mass is 10.1. The van der Waals surface area contributed by atoms with Gasteiger partial charge < -0.3 is 9.90 Å². The number of alkyl halides is 3. The van der Waals surface area contributed by atoms with Gasteiger partial charge in [0.25, 0.3) is 0 Å². The number of halogens is 3. The van der Waals surface area contributed by atoms with Crippen molar-refractivity contribution in [3.8, 4) is 0 Å². The van der Waals surface area contributed by atoms with Crippen molar-refractivity contribution in [1.82, 2.24) is 0 Å². The fourth-order valence-electron chi connectivity index (χ4n) is 1.09. The summed E-state index contributed by atoms with van der Waals surface area (Å²) in [6, 6.07) is 4.77. The highest BCUT2D eigenvalue weighted by Crippen LogP contribution is 2.30. The molecule has 0 bridgehead atoms. The van der Waals surface area contributed by atoms with Gasteiger partial charge in [-0.1, -0.05) is 18.2 Å². The molecule has 86 valence electrons. The number of rotatable bonds is 3. The fraction of sp³-hybridized carbons (Fsp3) is 0.200. The fourth-order valence-corrected chi connectivity index (χ4v) is 1.09. The molecule has 0 amide bonds. The highest BCUT2D eigenvalue weighted by atomic mass is 19.4. The summed E-state index contributed by atoms with van der Waals surface area (Å²) in [7, 11) is 0. The van der Waals surface area contributed by atoms with E-state index >= 15 is 0 Å². The Balaban J connectivity index is 2.96. The van der Waals surface area contributed by atoms with Crippen molar-refractivity contribution < 1.29 is 23.1 Å². The van der Waals surface area contributed by atoms with Gasteiger partial charge in [-0.2, -0.15) is 13.2 Å². The van der Waals surface area contributed by atoms with Crippen LogP contribution in [0.1, 0.15) is 11.1 Å². The van der Waals surface area contributed by atoms with Gasteiger partial charge in [0.15, 0.2) is 0 Å². The molecule has 0 atom stereocenters. The lowest BCUT2D eigenvalue weighted by molar-refractivity contribution is -0.303. The van der Waals surface area contributed by atoms with Gasteiger partial charge in [-0.3, -0.25) is 4.99 Å². The molecular weight excluding hydrogens is 223 g/mol. The predicted octanol–water partition coefficient (Wildman–Crippen LogP) is 0.874. The number of benzene rings is 1. The molecule has 16 heavy (non-hydrogen) atoms. The average molecular weight is 230 g/mol. The molecule has 0 spiro atoms. The standard InChI is InChI=1S/C10H8F3NO2/c11-10(12,13)8-4-2-1-3-7(8)5-14-6-9(15)16/h1-5H,6H2,(H,15,16)/p-1. The number of carboxylic acid groups (broad SMARTS) is 1. The Bertz CT molecular complexity index is 413. The zero-order valence-corrected chi connectivity index (χ0v) is 7.99. The first-order chi connectivity index (χ1) is 7.41. The molecule has 1 rings (SSSR count). The van der Waals surface area contributed by atoms with E-state index in [9.17, 15) is 23.1 Å². The Morgan fingerprint density at radius 1 is 1.38 bits per heavy atom. The third kappa shape index (κ3) is 3.38. The topological polar surface area (TPSA) is 52.5 Å². The van der Waals surface area contributed by atoms with Gasteiger partial charge in [-0.15, -0.1) is 0 Å². The number of hydrogen-bond acceptors (Lipinski definition) is 3. The minimum absolute atomic E-state index is 0.170. The third-order valence-corrected chi connectivity index (χ3v) is 1.72. The van der Waals surface area contributed by atoms with E-state index < -0.39 is 24.3 Å². The first-order valence-corrected chi connectivity index (χ1v) is 4.27. The van der Waals surface area contributed by atoms with Crippen molar-refractivity contribution in [2.24, 2.45) is 4.99 Å². The van der Waals surface area contributed by atoms with E-state index in [0.29, 0.717) is 0 Å². The molecule has 1 aromatic carbocycles. The summed E-state index contributed by atoms with van der Waals surface area (Å²) >= 11 is 0. The number of nitrogens with zero attached hydrogens (tertiary/aromatic N) is 1. The summed E-state index contributed by atoms with van der Waals surface area (Å²) in [6.45, 7) is -0.661. The molecule has 0 fully saturated rings. The molecule has 0 unspecified atom stereocenters. The highest BCUT2D eigenvalue weighted by Gasteiger charge is 2.32. The minimum atomic E-state index is -4.48. The number of carboxylic acids is 1. The summed E-state index contributed by atoms with van der Waals surface area (Å²) in [6.07, 6.45) is -3.61. The van der Waals surface area contributed by atoms with Crippen LogP contribution in [0.5, 0.6) is 0 Å². The number of carbonyl (C=O) groups is 1. The van der Waals surface area contributed by atoms with Crippen LogP contribution < -0.4 is 5.11 Å². The van der Waals surface area contributed by atoms with Gasteiger partial charge in [0.05, 0.1) is 18.1 Å². The Labute approximate surface area is 89.2 Å². The van der Waals surface area contributed by atoms with Crippen LogP contribution in [-0.4, -0.2) is 18.7 Å². The van der Waals surface area contributed by atoms with E-state index in [2.05, 4.69) is 4.99 Å². The van der Waals surface area contributed by atoms with E-state index in [4.69, 9.17) is 0 Å². The van der Waals surface area contributed by atoms with Crippen LogP contribution in [0, 0.1) is 0 Å². The minimum Gasteiger partial charge on any atom is -0.548 e. The number of carbonyl (C=O) groups excluding carboxylic acids is 1.